The number of nitrogens with zero attached hydrogens (tertiary/aromatic N) is 2. The van der Waals surface area contributed by atoms with Crippen LogP contribution in [0.15, 0.2) is 21.9 Å². The molecule has 0 radical (unpaired) electrons. The number of ether oxygens (including phenoxy) is 2. The van der Waals surface area contributed by atoms with E-state index < -0.39 is 5.97 Å². The molecule has 0 aromatic carbocycles. The molecule has 0 fully saturated rings. The van der Waals surface area contributed by atoms with Crippen molar-refractivity contribution in [2.24, 2.45) is 0 Å². The fraction of sp³-hybridized carbons (Fsp3) is 0.412. The summed E-state index contributed by atoms with van der Waals surface area (Å²) in [5.41, 5.74) is 2.93. The lowest BCUT2D eigenvalue weighted by molar-refractivity contribution is -0.145. The van der Waals surface area contributed by atoms with E-state index in [0.717, 1.165) is 22.1 Å². The summed E-state index contributed by atoms with van der Waals surface area (Å²) in [6, 6.07) is 1.48. The van der Waals surface area contributed by atoms with Crippen molar-refractivity contribution in [2.75, 3.05) is 13.4 Å². The second-order valence-electron chi connectivity index (χ2n) is 5.27. The minimum absolute atomic E-state index is 0.115. The Balaban J connectivity index is 1.92. The largest absolute Gasteiger partial charge is 0.465 e. The summed E-state index contributed by atoms with van der Waals surface area (Å²) in [6.45, 7) is 3.69. The van der Waals surface area contributed by atoms with Crippen LogP contribution in [-0.2, 0) is 27.3 Å². The molecule has 0 saturated carbocycles. The molecule has 2 heterocycles. The van der Waals surface area contributed by atoms with E-state index in [4.69, 9.17) is 9.15 Å². The number of furan rings is 1. The molecular weight excluding hydrogens is 344 g/mol. The van der Waals surface area contributed by atoms with Crippen LogP contribution in [0.1, 0.15) is 39.5 Å². The molecule has 2 rings (SSSR count). The number of hydrogen-bond donors (Lipinski definition) is 0. The molecule has 0 saturated heterocycles. The number of hydrogen-bond acceptors (Lipinski definition) is 8. The van der Waals surface area contributed by atoms with Gasteiger partial charge in [-0.1, -0.05) is 11.8 Å². The van der Waals surface area contributed by atoms with Gasteiger partial charge in [-0.15, -0.1) is 0 Å². The van der Waals surface area contributed by atoms with Crippen molar-refractivity contribution in [2.45, 2.75) is 38.5 Å². The van der Waals surface area contributed by atoms with E-state index in [9.17, 15) is 9.59 Å². The van der Waals surface area contributed by atoms with E-state index >= 15 is 0 Å². The molecule has 0 aliphatic rings. The number of methoxy groups -OCH3 is 1. The average molecular weight is 364 g/mol. The highest BCUT2D eigenvalue weighted by molar-refractivity contribution is 7.98. The molecule has 0 bridgehead atoms. The number of carbonyl (C=O) groups is 2. The quantitative estimate of drug-likeness (QED) is 0.421. The predicted octanol–water partition coefficient (Wildman–Crippen LogP) is 2.87. The van der Waals surface area contributed by atoms with Gasteiger partial charge in [-0.05, 0) is 38.2 Å². The van der Waals surface area contributed by atoms with Crippen LogP contribution in [0.2, 0.25) is 0 Å². The predicted molar refractivity (Wildman–Crippen MR) is 91.5 cm³/mol. The SMILES string of the molecule is COC(=O)c1ccoc1COC(=O)CCc1c(C)nc(SC)nc1C. The summed E-state index contributed by atoms with van der Waals surface area (Å²) >= 11 is 1.48. The third-order valence-electron chi connectivity index (χ3n) is 3.68. The van der Waals surface area contributed by atoms with E-state index in [1.54, 1.807) is 0 Å². The lowest BCUT2D eigenvalue weighted by Crippen LogP contribution is -2.10. The minimum atomic E-state index is -0.530. The van der Waals surface area contributed by atoms with E-state index in [0.29, 0.717) is 6.42 Å². The molecule has 0 atom stereocenters. The normalized spacial score (nSPS) is 10.6. The van der Waals surface area contributed by atoms with Gasteiger partial charge in [0.15, 0.2) is 10.9 Å². The summed E-state index contributed by atoms with van der Waals surface area (Å²) in [6.07, 6.45) is 3.96. The van der Waals surface area contributed by atoms with Crippen molar-refractivity contribution in [3.8, 4) is 0 Å². The number of carbonyl (C=O) groups excluding carboxylic acids is 2. The first-order valence-corrected chi connectivity index (χ1v) is 8.87. The molecule has 7 nitrogen and oxygen atoms in total. The molecule has 0 N–H and O–H groups in total. The number of aryl methyl sites for hydroxylation is 2. The summed E-state index contributed by atoms with van der Waals surface area (Å²) < 4.78 is 15.0. The van der Waals surface area contributed by atoms with Crippen molar-refractivity contribution in [1.82, 2.24) is 9.97 Å². The fourth-order valence-corrected chi connectivity index (χ4v) is 2.81. The second kappa shape index (κ2) is 8.66. The Hall–Kier alpha value is -2.35. The van der Waals surface area contributed by atoms with Crippen LogP contribution in [0.5, 0.6) is 0 Å². The van der Waals surface area contributed by atoms with Gasteiger partial charge < -0.3 is 13.9 Å². The van der Waals surface area contributed by atoms with Gasteiger partial charge in [0.1, 0.15) is 12.2 Å². The van der Waals surface area contributed by atoms with Crippen molar-refractivity contribution < 1.29 is 23.5 Å². The van der Waals surface area contributed by atoms with Gasteiger partial charge in [-0.3, -0.25) is 4.79 Å². The zero-order valence-corrected chi connectivity index (χ0v) is 15.4. The lowest BCUT2D eigenvalue weighted by atomic mass is 10.1. The van der Waals surface area contributed by atoms with Crippen molar-refractivity contribution in [3.05, 3.63) is 40.6 Å². The highest BCUT2D eigenvalue weighted by atomic mass is 32.2. The first-order valence-electron chi connectivity index (χ1n) is 7.64. The Morgan fingerprint density at radius 3 is 2.52 bits per heavy atom. The average Bonchev–Trinajstić information content (AvgIpc) is 3.06. The number of aromatic nitrogens is 2. The van der Waals surface area contributed by atoms with Gasteiger partial charge >= 0.3 is 11.9 Å². The molecule has 2 aromatic heterocycles. The van der Waals surface area contributed by atoms with Crippen molar-refractivity contribution >= 4 is 23.7 Å². The van der Waals surface area contributed by atoms with Crippen LogP contribution in [0, 0.1) is 13.8 Å². The highest BCUT2D eigenvalue weighted by Gasteiger charge is 2.17. The molecule has 0 spiro atoms. The molecule has 134 valence electrons. The first-order chi connectivity index (χ1) is 12.0. The highest BCUT2D eigenvalue weighted by Crippen LogP contribution is 2.18. The van der Waals surface area contributed by atoms with Crippen LogP contribution in [0.25, 0.3) is 0 Å². The molecule has 0 aliphatic carbocycles. The lowest BCUT2D eigenvalue weighted by Gasteiger charge is -2.10. The molecule has 2 aromatic rings. The zero-order chi connectivity index (χ0) is 18.4. The van der Waals surface area contributed by atoms with Crippen molar-refractivity contribution in [3.63, 3.8) is 0 Å². The Labute approximate surface area is 150 Å². The summed E-state index contributed by atoms with van der Waals surface area (Å²) in [5.74, 6) is -0.655. The third kappa shape index (κ3) is 4.82. The van der Waals surface area contributed by atoms with Gasteiger partial charge in [0.05, 0.1) is 13.4 Å². The zero-order valence-electron chi connectivity index (χ0n) is 14.6. The van der Waals surface area contributed by atoms with Crippen LogP contribution in [-0.4, -0.2) is 35.3 Å². The van der Waals surface area contributed by atoms with Gasteiger partial charge in [0.2, 0.25) is 0 Å². The van der Waals surface area contributed by atoms with E-state index in [1.165, 1.54) is 31.2 Å². The molecule has 8 heteroatoms. The first kappa shape index (κ1) is 19.0. The van der Waals surface area contributed by atoms with Gasteiger partial charge in [-0.2, -0.15) is 0 Å². The Morgan fingerprint density at radius 2 is 1.92 bits per heavy atom. The molecule has 0 unspecified atom stereocenters. The fourth-order valence-electron chi connectivity index (χ4n) is 2.35. The summed E-state index contributed by atoms with van der Waals surface area (Å²) in [4.78, 5) is 32.3. The van der Waals surface area contributed by atoms with E-state index in [1.807, 2.05) is 20.1 Å². The Kier molecular flexibility index (Phi) is 6.58. The van der Waals surface area contributed by atoms with E-state index in [-0.39, 0.29) is 30.3 Å². The molecule has 0 amide bonds. The Morgan fingerprint density at radius 1 is 1.24 bits per heavy atom. The summed E-state index contributed by atoms with van der Waals surface area (Å²) in [7, 11) is 1.28. The van der Waals surface area contributed by atoms with Crippen LogP contribution >= 0.6 is 11.8 Å². The van der Waals surface area contributed by atoms with Gasteiger partial charge in [0, 0.05) is 17.8 Å². The van der Waals surface area contributed by atoms with Crippen LogP contribution < -0.4 is 0 Å². The summed E-state index contributed by atoms with van der Waals surface area (Å²) in [5, 5.41) is 0.717. The smallest absolute Gasteiger partial charge is 0.341 e. The second-order valence-corrected chi connectivity index (χ2v) is 6.04. The standard InChI is InChI=1S/C17H20N2O5S/c1-10-12(11(2)19-17(18-10)25-4)5-6-15(20)24-9-14-13(7-8-23-14)16(21)22-3/h7-8H,5-6,9H2,1-4H3. The number of thioether (sulfide) groups is 1. The number of rotatable bonds is 7. The Bertz CT molecular complexity index is 749. The molecule has 0 aliphatic heterocycles. The minimum Gasteiger partial charge on any atom is -0.465 e. The maximum absolute atomic E-state index is 12.0. The van der Waals surface area contributed by atoms with Gasteiger partial charge in [0.25, 0.3) is 0 Å². The number of esters is 2. The van der Waals surface area contributed by atoms with Gasteiger partial charge in [-0.25, -0.2) is 14.8 Å². The van der Waals surface area contributed by atoms with E-state index in [2.05, 4.69) is 14.7 Å². The molecule has 25 heavy (non-hydrogen) atoms. The van der Waals surface area contributed by atoms with Crippen LogP contribution in [0.4, 0.5) is 0 Å². The topological polar surface area (TPSA) is 91.5 Å². The van der Waals surface area contributed by atoms with Crippen LogP contribution in [0.3, 0.4) is 0 Å². The molecular formula is C17H20N2O5S. The maximum Gasteiger partial charge on any atom is 0.341 e. The van der Waals surface area contributed by atoms with Crippen molar-refractivity contribution in [1.29, 1.82) is 0 Å². The monoisotopic (exact) mass is 364 g/mol. The third-order valence-corrected chi connectivity index (χ3v) is 4.22. The maximum atomic E-state index is 12.0.